The molecule has 1 unspecified atom stereocenters. The van der Waals surface area contributed by atoms with Crippen LogP contribution in [0.25, 0.3) is 6.20 Å². The number of rotatable bonds is 5. The lowest BCUT2D eigenvalue weighted by atomic mass is 9.99. The first-order valence-electron chi connectivity index (χ1n) is 5.93. The van der Waals surface area contributed by atoms with E-state index in [1.54, 1.807) is 0 Å². The van der Waals surface area contributed by atoms with Crippen molar-refractivity contribution in [3.05, 3.63) is 17.8 Å². The first-order valence-corrected chi connectivity index (χ1v) is 5.93. The summed E-state index contributed by atoms with van der Waals surface area (Å²) in [5.74, 6) is 1.48. The molecule has 0 saturated heterocycles. The van der Waals surface area contributed by atoms with Gasteiger partial charge in [0.2, 0.25) is 0 Å². The van der Waals surface area contributed by atoms with Gasteiger partial charge in [0.05, 0.1) is 6.20 Å². The zero-order chi connectivity index (χ0) is 12.0. The molecule has 0 spiro atoms. The van der Waals surface area contributed by atoms with E-state index in [0.29, 0.717) is 5.92 Å². The Morgan fingerprint density at radius 1 is 1.50 bits per heavy atom. The molecule has 0 fully saturated rings. The van der Waals surface area contributed by atoms with Crippen molar-refractivity contribution in [1.82, 2.24) is 9.78 Å². The Hall–Kier alpha value is -1.38. The molecule has 0 aliphatic rings. The predicted molar refractivity (Wildman–Crippen MR) is 70.4 cm³/mol. The monoisotopic (exact) mass is 219 g/mol. The van der Waals surface area contributed by atoms with Crippen LogP contribution >= 0.6 is 0 Å². The van der Waals surface area contributed by atoms with E-state index in [1.165, 1.54) is 18.4 Å². The highest BCUT2D eigenvalue weighted by atomic mass is 15.3. The first-order chi connectivity index (χ1) is 7.74. The van der Waals surface area contributed by atoms with Crippen molar-refractivity contribution in [3.8, 4) is 0 Å². The van der Waals surface area contributed by atoms with Crippen molar-refractivity contribution in [3.63, 3.8) is 0 Å². The van der Waals surface area contributed by atoms with Crippen LogP contribution in [0.1, 0.15) is 52.0 Å². The van der Waals surface area contributed by atoms with E-state index in [9.17, 15) is 0 Å². The molecule has 1 aromatic rings. The topological polar surface area (TPSA) is 30.2 Å². The number of aromatic nitrogens is 2. The highest BCUT2D eigenvalue weighted by Crippen LogP contribution is 2.29. The van der Waals surface area contributed by atoms with Gasteiger partial charge in [0.25, 0.3) is 0 Å². The molecule has 1 atom stereocenters. The molecule has 0 aliphatic carbocycles. The summed E-state index contributed by atoms with van der Waals surface area (Å²) in [5.41, 5.74) is 1.23. The van der Waals surface area contributed by atoms with E-state index in [-0.39, 0.29) is 0 Å². The van der Waals surface area contributed by atoms with Gasteiger partial charge in [0.1, 0.15) is 0 Å². The van der Waals surface area contributed by atoms with Gasteiger partial charge < -0.3 is 0 Å². The molecule has 1 aromatic heterocycles. The van der Waals surface area contributed by atoms with Gasteiger partial charge in [-0.15, -0.1) is 0 Å². The average molecular weight is 219 g/mol. The summed E-state index contributed by atoms with van der Waals surface area (Å²) < 4.78 is 1.83. The number of hydrogen-bond donors (Lipinski definition) is 0. The zero-order valence-electron chi connectivity index (χ0n) is 10.6. The standard InChI is InChI=1S/C13H21N3/c1-5-8-11(4)12-10-15-16(9-6-2)13(12)14-7-3/h6-7,9-11H,5,8H2,1-4H3/b9-6-,14-7-. The molecule has 0 aliphatic heterocycles. The van der Waals surface area contributed by atoms with Gasteiger partial charge in [-0.3, -0.25) is 0 Å². The Kier molecular flexibility index (Phi) is 4.96. The summed E-state index contributed by atoms with van der Waals surface area (Å²) in [6.07, 6.45) is 10.0. The van der Waals surface area contributed by atoms with Crippen molar-refractivity contribution in [2.24, 2.45) is 4.99 Å². The third-order valence-corrected chi connectivity index (χ3v) is 2.59. The van der Waals surface area contributed by atoms with Gasteiger partial charge in [-0.1, -0.05) is 26.3 Å². The van der Waals surface area contributed by atoms with E-state index in [0.717, 1.165) is 5.82 Å². The summed E-state index contributed by atoms with van der Waals surface area (Å²) in [6, 6.07) is 0. The number of hydrogen-bond acceptors (Lipinski definition) is 2. The lowest BCUT2D eigenvalue weighted by molar-refractivity contribution is 0.666. The molecule has 3 nitrogen and oxygen atoms in total. The van der Waals surface area contributed by atoms with Crippen molar-refractivity contribution >= 4 is 18.2 Å². The molecular formula is C13H21N3. The second-order valence-electron chi connectivity index (χ2n) is 3.93. The van der Waals surface area contributed by atoms with Crippen molar-refractivity contribution < 1.29 is 0 Å². The fraction of sp³-hybridized carbons (Fsp3) is 0.538. The lowest BCUT2D eigenvalue weighted by Crippen LogP contribution is -1.93. The molecule has 0 saturated carbocycles. The van der Waals surface area contributed by atoms with E-state index < -0.39 is 0 Å². The van der Waals surface area contributed by atoms with Gasteiger partial charge in [-0.25, -0.2) is 9.67 Å². The molecule has 0 N–H and O–H groups in total. The quantitative estimate of drug-likeness (QED) is 0.688. The minimum Gasteiger partial charge on any atom is -0.242 e. The molecule has 88 valence electrons. The van der Waals surface area contributed by atoms with Gasteiger partial charge >= 0.3 is 0 Å². The van der Waals surface area contributed by atoms with Crippen LogP contribution in [0.4, 0.5) is 5.82 Å². The maximum absolute atomic E-state index is 4.41. The van der Waals surface area contributed by atoms with Crippen LogP contribution in [0.2, 0.25) is 0 Å². The molecule has 16 heavy (non-hydrogen) atoms. The maximum Gasteiger partial charge on any atom is 0.157 e. The molecule has 1 rings (SSSR count). The smallest absolute Gasteiger partial charge is 0.157 e. The summed E-state index contributed by atoms with van der Waals surface area (Å²) in [6.45, 7) is 8.35. The number of allylic oxidation sites excluding steroid dienone is 1. The zero-order valence-corrected chi connectivity index (χ0v) is 10.6. The Balaban J connectivity index is 3.08. The fourth-order valence-electron chi connectivity index (χ4n) is 1.81. The molecule has 3 heteroatoms. The first kappa shape index (κ1) is 12.7. The van der Waals surface area contributed by atoms with Crippen LogP contribution in [0.3, 0.4) is 0 Å². The average Bonchev–Trinajstić information content (AvgIpc) is 2.64. The Bertz CT molecular complexity index is 375. The Morgan fingerprint density at radius 2 is 2.25 bits per heavy atom. The van der Waals surface area contributed by atoms with E-state index in [2.05, 4.69) is 23.9 Å². The third kappa shape index (κ3) is 2.81. The number of aliphatic imine (C=N–C) groups is 1. The summed E-state index contributed by atoms with van der Waals surface area (Å²) in [5, 5.41) is 4.34. The van der Waals surface area contributed by atoms with Crippen LogP contribution in [0.15, 0.2) is 17.3 Å². The minimum absolute atomic E-state index is 0.516. The summed E-state index contributed by atoms with van der Waals surface area (Å²) >= 11 is 0. The molecule has 0 aromatic carbocycles. The largest absolute Gasteiger partial charge is 0.242 e. The maximum atomic E-state index is 4.41. The lowest BCUT2D eigenvalue weighted by Gasteiger charge is -2.08. The molecular weight excluding hydrogens is 198 g/mol. The van der Waals surface area contributed by atoms with Crippen molar-refractivity contribution in [2.45, 2.75) is 46.5 Å². The normalized spacial score (nSPS) is 14.0. The van der Waals surface area contributed by atoms with Crippen LogP contribution in [0, 0.1) is 0 Å². The van der Waals surface area contributed by atoms with Crippen LogP contribution in [-0.2, 0) is 0 Å². The van der Waals surface area contributed by atoms with Crippen molar-refractivity contribution in [2.75, 3.05) is 0 Å². The second kappa shape index (κ2) is 6.26. The predicted octanol–water partition coefficient (Wildman–Crippen LogP) is 4.00. The minimum atomic E-state index is 0.516. The highest BCUT2D eigenvalue weighted by Gasteiger charge is 2.13. The van der Waals surface area contributed by atoms with Gasteiger partial charge in [0, 0.05) is 18.0 Å². The Morgan fingerprint density at radius 3 is 2.81 bits per heavy atom. The van der Waals surface area contributed by atoms with Crippen LogP contribution in [-0.4, -0.2) is 16.0 Å². The van der Waals surface area contributed by atoms with E-state index in [4.69, 9.17) is 0 Å². The molecule has 0 bridgehead atoms. The number of nitrogens with zero attached hydrogens (tertiary/aromatic N) is 3. The fourth-order valence-corrected chi connectivity index (χ4v) is 1.81. The summed E-state index contributed by atoms with van der Waals surface area (Å²) in [7, 11) is 0. The molecule has 0 amide bonds. The van der Waals surface area contributed by atoms with Crippen LogP contribution in [0.5, 0.6) is 0 Å². The Labute approximate surface area is 97.9 Å². The van der Waals surface area contributed by atoms with Gasteiger partial charge in [-0.2, -0.15) is 5.10 Å². The highest BCUT2D eigenvalue weighted by molar-refractivity contribution is 5.61. The van der Waals surface area contributed by atoms with Crippen molar-refractivity contribution in [1.29, 1.82) is 0 Å². The van der Waals surface area contributed by atoms with E-state index in [1.807, 2.05) is 43.2 Å². The molecule has 0 radical (unpaired) electrons. The van der Waals surface area contributed by atoms with E-state index >= 15 is 0 Å². The third-order valence-electron chi connectivity index (χ3n) is 2.59. The SMILES string of the molecule is C/C=C\n1ncc(C(C)CCC)c1/N=C\C. The summed E-state index contributed by atoms with van der Waals surface area (Å²) in [4.78, 5) is 4.41. The van der Waals surface area contributed by atoms with Gasteiger partial charge in [-0.05, 0) is 26.2 Å². The van der Waals surface area contributed by atoms with Gasteiger partial charge in [0.15, 0.2) is 5.82 Å². The second-order valence-corrected chi connectivity index (χ2v) is 3.93. The van der Waals surface area contributed by atoms with Crippen LogP contribution < -0.4 is 0 Å². The molecule has 1 heterocycles.